The van der Waals surface area contributed by atoms with E-state index in [2.05, 4.69) is 6.58 Å². The van der Waals surface area contributed by atoms with Gasteiger partial charge in [0.15, 0.2) is 5.54 Å². The second-order valence-corrected chi connectivity index (χ2v) is 4.74. The standard InChI is InChI=1S/C14H13F3N2O2/c1-2-13(18,12(20)21)8-19-7-10(14(15,16)17)9-5-3-4-6-11(9)19/h2-7H,1,8,18H2,(H,20,21). The Hall–Kier alpha value is -2.28. The molecular formula is C14H13F3N2O2. The second kappa shape index (κ2) is 4.92. The maximum Gasteiger partial charge on any atom is 0.418 e. The molecule has 0 amide bonds. The van der Waals surface area contributed by atoms with Crippen molar-refractivity contribution in [3.8, 4) is 0 Å². The summed E-state index contributed by atoms with van der Waals surface area (Å²) >= 11 is 0. The molecule has 3 N–H and O–H groups in total. The van der Waals surface area contributed by atoms with Crippen LogP contribution >= 0.6 is 0 Å². The van der Waals surface area contributed by atoms with Gasteiger partial charge in [0.1, 0.15) is 0 Å². The number of fused-ring (bicyclic) bond motifs is 1. The Bertz CT molecular complexity index is 706. The lowest BCUT2D eigenvalue weighted by Crippen LogP contribution is -2.49. The number of nitrogens with two attached hydrogens (primary N) is 1. The van der Waals surface area contributed by atoms with Crippen LogP contribution in [0.15, 0.2) is 43.1 Å². The molecule has 112 valence electrons. The Balaban J connectivity index is 2.61. The molecule has 1 atom stereocenters. The zero-order chi connectivity index (χ0) is 15.8. The fraction of sp³-hybridized carbons (Fsp3) is 0.214. The number of carboxylic acids is 1. The monoisotopic (exact) mass is 298 g/mol. The number of nitrogens with zero attached hydrogens (tertiary/aromatic N) is 1. The van der Waals surface area contributed by atoms with E-state index >= 15 is 0 Å². The highest BCUT2D eigenvalue weighted by Gasteiger charge is 2.36. The highest BCUT2D eigenvalue weighted by molar-refractivity contribution is 5.85. The molecule has 0 spiro atoms. The van der Waals surface area contributed by atoms with E-state index in [0.29, 0.717) is 0 Å². The lowest BCUT2D eigenvalue weighted by Gasteiger charge is -2.21. The summed E-state index contributed by atoms with van der Waals surface area (Å²) < 4.78 is 40.3. The van der Waals surface area contributed by atoms with Gasteiger partial charge in [-0.05, 0) is 6.07 Å². The SMILES string of the molecule is C=CC(N)(Cn1cc(C(F)(F)F)c2ccccc21)C(=O)O. The van der Waals surface area contributed by atoms with E-state index in [0.717, 1.165) is 12.3 Å². The number of halogens is 3. The minimum atomic E-state index is -4.53. The third-order valence-corrected chi connectivity index (χ3v) is 3.29. The number of para-hydroxylation sites is 1. The first-order valence-electron chi connectivity index (χ1n) is 6.00. The summed E-state index contributed by atoms with van der Waals surface area (Å²) in [7, 11) is 0. The molecule has 0 bridgehead atoms. The van der Waals surface area contributed by atoms with Crippen LogP contribution in [-0.2, 0) is 17.5 Å². The van der Waals surface area contributed by atoms with Crippen molar-refractivity contribution in [1.82, 2.24) is 4.57 Å². The normalized spacial score (nSPS) is 14.9. The van der Waals surface area contributed by atoms with Gasteiger partial charge in [0.25, 0.3) is 0 Å². The molecule has 0 saturated carbocycles. The number of aromatic nitrogens is 1. The summed E-state index contributed by atoms with van der Waals surface area (Å²) in [5, 5.41) is 9.10. The third-order valence-electron chi connectivity index (χ3n) is 3.29. The number of aliphatic carboxylic acids is 1. The first-order chi connectivity index (χ1) is 9.69. The van der Waals surface area contributed by atoms with E-state index in [4.69, 9.17) is 10.8 Å². The summed E-state index contributed by atoms with van der Waals surface area (Å²) in [6.07, 6.45) is -2.64. The van der Waals surface area contributed by atoms with Crippen LogP contribution in [0.3, 0.4) is 0 Å². The second-order valence-electron chi connectivity index (χ2n) is 4.74. The van der Waals surface area contributed by atoms with Gasteiger partial charge in [-0.2, -0.15) is 13.2 Å². The summed E-state index contributed by atoms with van der Waals surface area (Å²) in [5.74, 6) is -1.36. The van der Waals surface area contributed by atoms with Crippen molar-refractivity contribution >= 4 is 16.9 Å². The molecular weight excluding hydrogens is 285 g/mol. The third kappa shape index (κ3) is 2.64. The summed E-state index contributed by atoms with van der Waals surface area (Å²) in [4.78, 5) is 11.2. The van der Waals surface area contributed by atoms with Gasteiger partial charge in [0, 0.05) is 17.1 Å². The Morgan fingerprint density at radius 1 is 1.38 bits per heavy atom. The summed E-state index contributed by atoms with van der Waals surface area (Å²) in [5.41, 5.74) is 3.26. The topological polar surface area (TPSA) is 68.2 Å². The van der Waals surface area contributed by atoms with Crippen LogP contribution in [0.25, 0.3) is 10.9 Å². The Morgan fingerprint density at radius 3 is 2.52 bits per heavy atom. The van der Waals surface area contributed by atoms with Gasteiger partial charge in [0.2, 0.25) is 0 Å². The maximum atomic E-state index is 13.0. The van der Waals surface area contributed by atoms with E-state index in [-0.39, 0.29) is 17.4 Å². The van der Waals surface area contributed by atoms with Crippen molar-refractivity contribution in [2.75, 3.05) is 0 Å². The highest BCUT2D eigenvalue weighted by atomic mass is 19.4. The average Bonchev–Trinajstić information content (AvgIpc) is 2.77. The molecule has 2 rings (SSSR count). The van der Waals surface area contributed by atoms with Crippen molar-refractivity contribution in [3.05, 3.63) is 48.7 Å². The zero-order valence-electron chi connectivity index (χ0n) is 10.9. The largest absolute Gasteiger partial charge is 0.480 e. The molecule has 0 saturated heterocycles. The van der Waals surface area contributed by atoms with E-state index in [1.165, 1.54) is 22.8 Å². The predicted molar refractivity (Wildman–Crippen MR) is 71.7 cm³/mol. The van der Waals surface area contributed by atoms with Gasteiger partial charge < -0.3 is 15.4 Å². The first-order valence-corrected chi connectivity index (χ1v) is 6.00. The van der Waals surface area contributed by atoms with Gasteiger partial charge in [-0.25, -0.2) is 4.79 Å². The van der Waals surface area contributed by atoms with Crippen molar-refractivity contribution in [2.24, 2.45) is 5.73 Å². The molecule has 2 aromatic rings. The predicted octanol–water partition coefficient (Wildman–Crippen LogP) is 2.63. The van der Waals surface area contributed by atoms with Crippen LogP contribution in [0.1, 0.15) is 5.56 Å². The van der Waals surface area contributed by atoms with Crippen molar-refractivity contribution < 1.29 is 23.1 Å². The fourth-order valence-electron chi connectivity index (χ4n) is 2.10. The van der Waals surface area contributed by atoms with Crippen LogP contribution in [0.2, 0.25) is 0 Å². The van der Waals surface area contributed by atoms with E-state index < -0.39 is 23.2 Å². The number of rotatable bonds is 4. The molecule has 21 heavy (non-hydrogen) atoms. The van der Waals surface area contributed by atoms with Gasteiger partial charge in [-0.3, -0.25) is 0 Å². The first kappa shape index (κ1) is 15.1. The van der Waals surface area contributed by atoms with E-state index in [1.807, 2.05) is 0 Å². The average molecular weight is 298 g/mol. The molecule has 1 aromatic heterocycles. The number of carbonyl (C=O) groups is 1. The summed E-state index contributed by atoms with van der Waals surface area (Å²) in [6, 6.07) is 5.88. The zero-order valence-corrected chi connectivity index (χ0v) is 10.9. The van der Waals surface area contributed by atoms with Crippen molar-refractivity contribution in [1.29, 1.82) is 0 Å². The molecule has 0 aliphatic rings. The maximum absolute atomic E-state index is 13.0. The molecule has 1 unspecified atom stereocenters. The van der Waals surface area contributed by atoms with Crippen LogP contribution in [0.4, 0.5) is 13.2 Å². The molecule has 0 aliphatic carbocycles. The Morgan fingerprint density at radius 2 is 2.00 bits per heavy atom. The van der Waals surface area contributed by atoms with Crippen molar-refractivity contribution in [2.45, 2.75) is 18.3 Å². The minimum absolute atomic E-state index is 0.00167. The molecule has 0 radical (unpaired) electrons. The van der Waals surface area contributed by atoms with Crippen LogP contribution in [0.5, 0.6) is 0 Å². The van der Waals surface area contributed by atoms with Gasteiger partial charge in [-0.15, -0.1) is 6.58 Å². The Labute approximate surface area is 118 Å². The minimum Gasteiger partial charge on any atom is -0.480 e. The van der Waals surface area contributed by atoms with E-state index in [9.17, 15) is 18.0 Å². The molecule has 4 nitrogen and oxygen atoms in total. The summed E-state index contributed by atoms with van der Waals surface area (Å²) in [6.45, 7) is 3.00. The highest BCUT2D eigenvalue weighted by Crippen LogP contribution is 2.36. The van der Waals surface area contributed by atoms with Crippen LogP contribution in [-0.4, -0.2) is 21.2 Å². The van der Waals surface area contributed by atoms with E-state index in [1.54, 1.807) is 6.07 Å². The number of carboxylic acid groups (broad SMARTS) is 1. The lowest BCUT2D eigenvalue weighted by molar-refractivity contribution is -0.141. The molecule has 1 heterocycles. The van der Waals surface area contributed by atoms with Crippen LogP contribution in [0, 0.1) is 0 Å². The number of alkyl halides is 3. The number of hydrogen-bond donors (Lipinski definition) is 2. The molecule has 0 aliphatic heterocycles. The van der Waals surface area contributed by atoms with Gasteiger partial charge in [0.05, 0.1) is 12.1 Å². The van der Waals surface area contributed by atoms with Gasteiger partial charge >= 0.3 is 12.1 Å². The quantitative estimate of drug-likeness (QED) is 0.853. The smallest absolute Gasteiger partial charge is 0.418 e. The van der Waals surface area contributed by atoms with Crippen molar-refractivity contribution in [3.63, 3.8) is 0 Å². The number of benzene rings is 1. The molecule has 7 heteroatoms. The number of hydrogen-bond acceptors (Lipinski definition) is 2. The van der Waals surface area contributed by atoms with Crippen LogP contribution < -0.4 is 5.73 Å². The lowest BCUT2D eigenvalue weighted by atomic mass is 10.0. The van der Waals surface area contributed by atoms with Gasteiger partial charge in [-0.1, -0.05) is 24.3 Å². The fourth-order valence-corrected chi connectivity index (χ4v) is 2.10. The molecule has 0 fully saturated rings. The molecule has 1 aromatic carbocycles. The Kier molecular flexibility index (Phi) is 3.54.